The maximum Gasteiger partial charge on any atom is 0.255 e. The molecule has 0 fully saturated rings. The van der Waals surface area contributed by atoms with E-state index >= 15 is 0 Å². The van der Waals surface area contributed by atoms with Crippen molar-refractivity contribution in [2.24, 2.45) is 0 Å². The highest BCUT2D eigenvalue weighted by Gasteiger charge is 2.11. The Hall–Kier alpha value is -2.38. The predicted molar refractivity (Wildman–Crippen MR) is 109 cm³/mol. The summed E-state index contributed by atoms with van der Waals surface area (Å²) in [6, 6.07) is 11.9. The minimum absolute atomic E-state index is 0.122. The summed E-state index contributed by atoms with van der Waals surface area (Å²) in [7, 11) is 1.61. The molecule has 6 nitrogen and oxygen atoms in total. The first-order valence-electron chi connectivity index (χ1n) is 8.66. The van der Waals surface area contributed by atoms with Crippen LogP contribution in [0.5, 0.6) is 5.75 Å². The molecular formula is C20H23BrN2O4. The van der Waals surface area contributed by atoms with Crippen molar-refractivity contribution < 1.29 is 19.1 Å². The van der Waals surface area contributed by atoms with Gasteiger partial charge in [0.1, 0.15) is 12.4 Å². The molecule has 0 aliphatic rings. The SMILES string of the molecule is CCCNC(=O)c1ccc(NC(=O)c2ccc(OCCOC)c(Br)c2)cc1. The highest BCUT2D eigenvalue weighted by Crippen LogP contribution is 2.26. The van der Waals surface area contributed by atoms with Crippen molar-refractivity contribution >= 4 is 33.4 Å². The molecule has 0 aliphatic carbocycles. The van der Waals surface area contributed by atoms with Gasteiger partial charge in [-0.05, 0) is 64.8 Å². The van der Waals surface area contributed by atoms with E-state index in [1.807, 2.05) is 6.92 Å². The van der Waals surface area contributed by atoms with Crippen LogP contribution in [0.4, 0.5) is 5.69 Å². The molecule has 0 heterocycles. The third-order valence-corrected chi connectivity index (χ3v) is 4.30. The predicted octanol–water partition coefficient (Wildman–Crippen LogP) is 3.87. The second-order valence-corrected chi connectivity index (χ2v) is 6.63. The minimum atomic E-state index is -0.248. The molecule has 2 aromatic carbocycles. The van der Waals surface area contributed by atoms with Crippen LogP contribution in [-0.2, 0) is 4.74 Å². The second kappa shape index (κ2) is 10.7. The molecular weight excluding hydrogens is 412 g/mol. The molecule has 0 aliphatic heterocycles. The molecule has 7 heteroatoms. The highest BCUT2D eigenvalue weighted by molar-refractivity contribution is 9.10. The summed E-state index contributed by atoms with van der Waals surface area (Å²) < 4.78 is 11.2. The van der Waals surface area contributed by atoms with Gasteiger partial charge in [-0.3, -0.25) is 9.59 Å². The van der Waals surface area contributed by atoms with Crippen molar-refractivity contribution in [1.82, 2.24) is 5.32 Å². The number of benzene rings is 2. The van der Waals surface area contributed by atoms with Crippen LogP contribution in [0.15, 0.2) is 46.9 Å². The van der Waals surface area contributed by atoms with Crippen molar-refractivity contribution in [2.45, 2.75) is 13.3 Å². The van der Waals surface area contributed by atoms with E-state index in [2.05, 4.69) is 26.6 Å². The normalized spacial score (nSPS) is 10.3. The van der Waals surface area contributed by atoms with Crippen LogP contribution in [0.2, 0.25) is 0 Å². The number of anilines is 1. The Morgan fingerprint density at radius 1 is 1.00 bits per heavy atom. The molecule has 2 amide bonds. The summed E-state index contributed by atoms with van der Waals surface area (Å²) in [6.07, 6.45) is 0.881. The van der Waals surface area contributed by atoms with Gasteiger partial charge in [-0.25, -0.2) is 0 Å². The molecule has 2 N–H and O–H groups in total. The lowest BCUT2D eigenvalue weighted by Gasteiger charge is -2.10. The van der Waals surface area contributed by atoms with Gasteiger partial charge in [0.2, 0.25) is 0 Å². The van der Waals surface area contributed by atoms with Crippen molar-refractivity contribution in [1.29, 1.82) is 0 Å². The number of carbonyl (C=O) groups is 2. The number of rotatable bonds is 9. The molecule has 0 unspecified atom stereocenters. The van der Waals surface area contributed by atoms with Gasteiger partial charge in [-0.1, -0.05) is 6.92 Å². The fourth-order valence-electron chi connectivity index (χ4n) is 2.24. The molecule has 0 bridgehead atoms. The highest BCUT2D eigenvalue weighted by atomic mass is 79.9. The van der Waals surface area contributed by atoms with Crippen LogP contribution in [-0.4, -0.2) is 38.7 Å². The Labute approximate surface area is 167 Å². The van der Waals surface area contributed by atoms with Gasteiger partial charge in [-0.2, -0.15) is 0 Å². The lowest BCUT2D eigenvalue weighted by atomic mass is 10.1. The number of halogens is 1. The van der Waals surface area contributed by atoms with Gasteiger partial charge in [0.15, 0.2) is 0 Å². The first kappa shape index (κ1) is 20.9. The third-order valence-electron chi connectivity index (χ3n) is 3.68. The maximum absolute atomic E-state index is 12.4. The Morgan fingerprint density at radius 2 is 1.70 bits per heavy atom. The molecule has 0 spiro atoms. The van der Waals surface area contributed by atoms with Crippen LogP contribution < -0.4 is 15.4 Å². The summed E-state index contributed by atoms with van der Waals surface area (Å²) in [5.41, 5.74) is 1.66. The molecule has 0 atom stereocenters. The van der Waals surface area contributed by atoms with E-state index in [-0.39, 0.29) is 11.8 Å². The van der Waals surface area contributed by atoms with Crippen LogP contribution >= 0.6 is 15.9 Å². The summed E-state index contributed by atoms with van der Waals surface area (Å²) in [5.74, 6) is 0.274. The average molecular weight is 435 g/mol. The number of hydrogen-bond donors (Lipinski definition) is 2. The Balaban J connectivity index is 1.98. The topological polar surface area (TPSA) is 76.7 Å². The van der Waals surface area contributed by atoms with Gasteiger partial charge in [0.05, 0.1) is 11.1 Å². The van der Waals surface area contributed by atoms with E-state index in [1.165, 1.54) is 0 Å². The maximum atomic E-state index is 12.4. The van der Waals surface area contributed by atoms with E-state index in [0.717, 1.165) is 6.42 Å². The van der Waals surface area contributed by atoms with E-state index < -0.39 is 0 Å². The van der Waals surface area contributed by atoms with E-state index in [9.17, 15) is 9.59 Å². The Bertz CT molecular complexity index is 778. The molecule has 144 valence electrons. The third kappa shape index (κ3) is 6.37. The van der Waals surface area contributed by atoms with E-state index in [4.69, 9.17) is 9.47 Å². The molecule has 0 saturated carbocycles. The monoisotopic (exact) mass is 434 g/mol. The Morgan fingerprint density at radius 3 is 2.33 bits per heavy atom. The van der Waals surface area contributed by atoms with Crippen LogP contribution in [0.25, 0.3) is 0 Å². The van der Waals surface area contributed by atoms with Crippen molar-refractivity contribution in [3.8, 4) is 5.75 Å². The quantitative estimate of drug-likeness (QED) is 0.587. The first-order chi connectivity index (χ1) is 13.0. The fourth-order valence-corrected chi connectivity index (χ4v) is 2.74. The molecule has 0 saturated heterocycles. The van der Waals surface area contributed by atoms with E-state index in [0.29, 0.717) is 46.8 Å². The largest absolute Gasteiger partial charge is 0.490 e. The molecule has 0 radical (unpaired) electrons. The number of ether oxygens (including phenoxy) is 2. The lowest BCUT2D eigenvalue weighted by molar-refractivity contribution is 0.0953. The Kier molecular flexibility index (Phi) is 8.29. The zero-order valence-corrected chi connectivity index (χ0v) is 17.0. The number of methoxy groups -OCH3 is 1. The smallest absolute Gasteiger partial charge is 0.255 e. The second-order valence-electron chi connectivity index (χ2n) is 5.77. The number of carbonyl (C=O) groups excluding carboxylic acids is 2. The fraction of sp³-hybridized carbons (Fsp3) is 0.300. The number of hydrogen-bond acceptors (Lipinski definition) is 4. The standard InChI is InChI=1S/C20H23BrN2O4/c1-3-10-22-19(24)14-4-7-16(8-5-14)23-20(25)15-6-9-18(17(21)13-15)27-12-11-26-2/h4-9,13H,3,10-12H2,1-2H3,(H,22,24)(H,23,25). The molecule has 0 aromatic heterocycles. The van der Waals surface area contributed by atoms with Gasteiger partial charge in [0, 0.05) is 30.5 Å². The molecule has 27 heavy (non-hydrogen) atoms. The van der Waals surface area contributed by atoms with Crippen LogP contribution in [0.1, 0.15) is 34.1 Å². The number of nitrogens with one attached hydrogen (secondary N) is 2. The summed E-state index contributed by atoms with van der Waals surface area (Å²) in [6.45, 7) is 3.55. The van der Waals surface area contributed by atoms with Crippen LogP contribution in [0, 0.1) is 0 Å². The van der Waals surface area contributed by atoms with Crippen LogP contribution in [0.3, 0.4) is 0 Å². The number of amides is 2. The van der Waals surface area contributed by atoms with Gasteiger partial charge >= 0.3 is 0 Å². The molecule has 2 rings (SSSR count). The van der Waals surface area contributed by atoms with Crippen molar-refractivity contribution in [2.75, 3.05) is 32.2 Å². The molecule has 2 aromatic rings. The lowest BCUT2D eigenvalue weighted by Crippen LogP contribution is -2.23. The summed E-state index contributed by atoms with van der Waals surface area (Å²) in [5, 5.41) is 5.63. The van der Waals surface area contributed by atoms with Gasteiger partial charge < -0.3 is 20.1 Å². The van der Waals surface area contributed by atoms with Crippen molar-refractivity contribution in [3.63, 3.8) is 0 Å². The zero-order valence-electron chi connectivity index (χ0n) is 15.4. The summed E-state index contributed by atoms with van der Waals surface area (Å²) in [4.78, 5) is 24.3. The van der Waals surface area contributed by atoms with E-state index in [1.54, 1.807) is 49.6 Å². The average Bonchev–Trinajstić information content (AvgIpc) is 2.68. The minimum Gasteiger partial charge on any atom is -0.490 e. The van der Waals surface area contributed by atoms with Gasteiger partial charge in [-0.15, -0.1) is 0 Å². The first-order valence-corrected chi connectivity index (χ1v) is 9.45. The summed E-state index contributed by atoms with van der Waals surface area (Å²) >= 11 is 3.41. The van der Waals surface area contributed by atoms with Gasteiger partial charge in [0.25, 0.3) is 11.8 Å². The van der Waals surface area contributed by atoms with Crippen molar-refractivity contribution in [3.05, 3.63) is 58.1 Å². The zero-order chi connectivity index (χ0) is 19.6.